The van der Waals surface area contributed by atoms with E-state index in [9.17, 15) is 0 Å². The van der Waals surface area contributed by atoms with Crippen LogP contribution in [0.1, 0.15) is 13.8 Å². The van der Waals surface area contributed by atoms with Gasteiger partial charge in [-0.1, -0.05) is 117 Å². The van der Waals surface area contributed by atoms with Crippen molar-refractivity contribution in [2.24, 2.45) is 0 Å². The number of benzene rings is 8. The van der Waals surface area contributed by atoms with Gasteiger partial charge in [0.15, 0.2) is 0 Å². The van der Waals surface area contributed by atoms with E-state index in [1.807, 2.05) is 13.8 Å². The molecule has 0 N–H and O–H groups in total. The van der Waals surface area contributed by atoms with Gasteiger partial charge in [-0.2, -0.15) is 0 Å². The van der Waals surface area contributed by atoms with Gasteiger partial charge < -0.3 is 13.7 Å². The lowest BCUT2D eigenvalue weighted by molar-refractivity contribution is 1.17. The minimum atomic E-state index is 1.16. The molecule has 11 rings (SSSR count). The zero-order chi connectivity index (χ0) is 35.5. The fraction of sp³-hybridized carbons (Fsp3) is 0.0400. The van der Waals surface area contributed by atoms with Gasteiger partial charge >= 0.3 is 0 Å². The molecule has 0 atom stereocenters. The molecular formula is C50H37N3. The Bertz CT molecular complexity index is 3070. The van der Waals surface area contributed by atoms with Gasteiger partial charge in [-0.15, -0.1) is 0 Å². The maximum absolute atomic E-state index is 2.41. The molecule has 3 heterocycles. The molecule has 0 aliphatic carbocycles. The first kappa shape index (κ1) is 30.9. The number of hydrogen-bond acceptors (Lipinski definition) is 0. The maximum Gasteiger partial charge on any atom is 0.0542 e. The molecule has 0 fully saturated rings. The van der Waals surface area contributed by atoms with Gasteiger partial charge in [0, 0.05) is 49.4 Å². The lowest BCUT2D eigenvalue weighted by atomic mass is 10.0. The molecule has 0 aliphatic rings. The molecule has 0 saturated heterocycles. The molecule has 8 aromatic carbocycles. The second kappa shape index (κ2) is 12.4. The molecule has 3 nitrogen and oxygen atoms in total. The molecule has 0 unspecified atom stereocenters. The summed E-state index contributed by atoms with van der Waals surface area (Å²) in [5, 5.41) is 7.53. The van der Waals surface area contributed by atoms with Crippen molar-refractivity contribution in [2.45, 2.75) is 13.8 Å². The van der Waals surface area contributed by atoms with E-state index in [4.69, 9.17) is 0 Å². The lowest BCUT2D eigenvalue weighted by Crippen LogP contribution is -1.95. The van der Waals surface area contributed by atoms with Crippen molar-refractivity contribution in [3.63, 3.8) is 0 Å². The minimum Gasteiger partial charge on any atom is -0.309 e. The van der Waals surface area contributed by atoms with Gasteiger partial charge in [0.25, 0.3) is 0 Å². The Balaban J connectivity index is 0.00000172. The summed E-state index contributed by atoms with van der Waals surface area (Å²) in [6.45, 7) is 4.00. The van der Waals surface area contributed by atoms with E-state index in [0.717, 1.165) is 11.4 Å². The van der Waals surface area contributed by atoms with E-state index in [1.165, 1.54) is 82.2 Å². The molecule has 252 valence electrons. The molecule has 3 aromatic heterocycles. The number of fused-ring (bicyclic) bond motifs is 9. The Labute approximate surface area is 308 Å². The summed E-state index contributed by atoms with van der Waals surface area (Å²) in [5.41, 5.74) is 13.2. The van der Waals surface area contributed by atoms with Crippen LogP contribution in [-0.4, -0.2) is 13.7 Å². The van der Waals surface area contributed by atoms with Gasteiger partial charge in [0.1, 0.15) is 0 Å². The molecule has 0 saturated carbocycles. The van der Waals surface area contributed by atoms with Crippen LogP contribution in [0.5, 0.6) is 0 Å². The van der Waals surface area contributed by atoms with Crippen LogP contribution < -0.4 is 0 Å². The third kappa shape index (κ3) is 4.74. The van der Waals surface area contributed by atoms with Crippen molar-refractivity contribution in [3.8, 4) is 28.2 Å². The highest BCUT2D eigenvalue weighted by Gasteiger charge is 2.18. The third-order valence-electron chi connectivity index (χ3n) is 10.6. The average molecular weight is 680 g/mol. The largest absolute Gasteiger partial charge is 0.309 e. The smallest absolute Gasteiger partial charge is 0.0542 e. The summed E-state index contributed by atoms with van der Waals surface area (Å²) in [5.74, 6) is 0. The lowest BCUT2D eigenvalue weighted by Gasteiger charge is -2.10. The third-order valence-corrected chi connectivity index (χ3v) is 10.6. The highest BCUT2D eigenvalue weighted by atomic mass is 15.0. The van der Waals surface area contributed by atoms with Crippen LogP contribution in [0.3, 0.4) is 0 Å². The highest BCUT2D eigenvalue weighted by molar-refractivity contribution is 6.14. The number of para-hydroxylation sites is 5. The molecule has 0 bridgehead atoms. The number of rotatable bonds is 4. The van der Waals surface area contributed by atoms with Crippen LogP contribution in [0.15, 0.2) is 188 Å². The fourth-order valence-corrected chi connectivity index (χ4v) is 8.39. The average Bonchev–Trinajstić information content (AvgIpc) is 3.87. The molecular weight excluding hydrogens is 643 g/mol. The Hall–Kier alpha value is -6.84. The standard InChI is InChI=1S/C48H31N3.C2H6/c1-3-13-34(14-4-1)49-45-22-12-9-19-39(45)40-29-32(23-26-46(40)49)33-24-27-47-41(30-33)42-31-36(25-28-48(42)50(47)35-15-5-2-6-16-35)51-43-20-10-7-17-37(43)38-18-8-11-21-44(38)51;1-2/h1-31H;1-2H3. The van der Waals surface area contributed by atoms with Crippen molar-refractivity contribution in [3.05, 3.63) is 188 Å². The Kier molecular flexibility index (Phi) is 7.26. The van der Waals surface area contributed by atoms with Crippen LogP contribution >= 0.6 is 0 Å². The summed E-state index contributed by atoms with van der Waals surface area (Å²) in [6.07, 6.45) is 0. The molecule has 3 heteroatoms. The van der Waals surface area contributed by atoms with E-state index in [2.05, 4.69) is 202 Å². The van der Waals surface area contributed by atoms with Crippen LogP contribution in [0, 0.1) is 0 Å². The quantitative estimate of drug-likeness (QED) is 0.176. The Morgan fingerprint density at radius 2 is 0.566 bits per heavy atom. The predicted molar refractivity (Wildman–Crippen MR) is 226 cm³/mol. The highest BCUT2D eigenvalue weighted by Crippen LogP contribution is 2.40. The molecule has 53 heavy (non-hydrogen) atoms. The van der Waals surface area contributed by atoms with Crippen LogP contribution in [-0.2, 0) is 0 Å². The van der Waals surface area contributed by atoms with Gasteiger partial charge in [-0.3, -0.25) is 0 Å². The van der Waals surface area contributed by atoms with E-state index in [-0.39, 0.29) is 0 Å². The monoisotopic (exact) mass is 679 g/mol. The van der Waals surface area contributed by atoms with Crippen LogP contribution in [0.2, 0.25) is 0 Å². The summed E-state index contributed by atoms with van der Waals surface area (Å²) < 4.78 is 7.19. The molecule has 0 amide bonds. The van der Waals surface area contributed by atoms with Crippen molar-refractivity contribution in [1.82, 2.24) is 13.7 Å². The fourth-order valence-electron chi connectivity index (χ4n) is 8.39. The summed E-state index contributed by atoms with van der Waals surface area (Å²) in [4.78, 5) is 0. The van der Waals surface area contributed by atoms with E-state index >= 15 is 0 Å². The zero-order valence-electron chi connectivity index (χ0n) is 29.7. The summed E-state index contributed by atoms with van der Waals surface area (Å²) in [7, 11) is 0. The number of nitrogens with zero attached hydrogens (tertiary/aromatic N) is 3. The molecule has 0 aliphatic heterocycles. The van der Waals surface area contributed by atoms with Crippen LogP contribution in [0.25, 0.3) is 93.6 Å². The van der Waals surface area contributed by atoms with Crippen LogP contribution in [0.4, 0.5) is 0 Å². The second-order valence-electron chi connectivity index (χ2n) is 13.4. The maximum atomic E-state index is 2.41. The van der Waals surface area contributed by atoms with Crippen molar-refractivity contribution < 1.29 is 0 Å². The minimum absolute atomic E-state index is 1.16. The number of aromatic nitrogens is 3. The van der Waals surface area contributed by atoms with Crippen molar-refractivity contribution in [1.29, 1.82) is 0 Å². The first-order valence-corrected chi connectivity index (χ1v) is 18.5. The Morgan fingerprint density at radius 3 is 1.04 bits per heavy atom. The normalized spacial score (nSPS) is 11.6. The molecule has 11 aromatic rings. The predicted octanol–water partition coefficient (Wildman–Crippen LogP) is 13.7. The van der Waals surface area contributed by atoms with Gasteiger partial charge in [-0.25, -0.2) is 0 Å². The van der Waals surface area contributed by atoms with E-state index < -0.39 is 0 Å². The van der Waals surface area contributed by atoms with Crippen molar-refractivity contribution >= 4 is 65.4 Å². The zero-order valence-corrected chi connectivity index (χ0v) is 29.7. The first-order chi connectivity index (χ1) is 26.3. The molecule has 0 radical (unpaired) electrons. The second-order valence-corrected chi connectivity index (χ2v) is 13.4. The van der Waals surface area contributed by atoms with Gasteiger partial charge in [0.2, 0.25) is 0 Å². The summed E-state index contributed by atoms with van der Waals surface area (Å²) >= 11 is 0. The molecule has 0 spiro atoms. The van der Waals surface area contributed by atoms with E-state index in [0.29, 0.717) is 0 Å². The summed E-state index contributed by atoms with van der Waals surface area (Å²) in [6, 6.07) is 68.5. The SMILES string of the molecule is CC.c1ccc(-n2c3ccccc3c3cc(-c4ccc5c(c4)c4cc(-n6c7ccccc7c7ccccc76)ccc4n5-c4ccccc4)ccc32)cc1. The van der Waals surface area contributed by atoms with Crippen molar-refractivity contribution in [2.75, 3.05) is 0 Å². The van der Waals surface area contributed by atoms with E-state index in [1.54, 1.807) is 0 Å². The Morgan fingerprint density at radius 1 is 0.245 bits per heavy atom. The number of hydrogen-bond donors (Lipinski definition) is 0. The topological polar surface area (TPSA) is 14.8 Å². The first-order valence-electron chi connectivity index (χ1n) is 18.5. The van der Waals surface area contributed by atoms with Gasteiger partial charge in [-0.05, 0) is 96.1 Å². The van der Waals surface area contributed by atoms with Gasteiger partial charge in [0.05, 0.1) is 33.1 Å².